The summed E-state index contributed by atoms with van der Waals surface area (Å²) in [7, 11) is 0. The van der Waals surface area contributed by atoms with Crippen molar-refractivity contribution in [3.8, 4) is 0 Å². The molecule has 0 fully saturated rings. The summed E-state index contributed by atoms with van der Waals surface area (Å²) in [5.41, 5.74) is 6.87. The number of benzene rings is 1. The first-order valence-electron chi connectivity index (χ1n) is 4.21. The van der Waals surface area contributed by atoms with Crippen LogP contribution in [0.25, 0.3) is 0 Å². The van der Waals surface area contributed by atoms with Crippen molar-refractivity contribution in [2.75, 3.05) is 6.54 Å². The van der Waals surface area contributed by atoms with Gasteiger partial charge in [-0.25, -0.2) is 4.39 Å². The minimum Gasteiger partial charge on any atom is -0.384 e. The normalized spacial score (nSPS) is 11.8. The molecule has 70 valence electrons. The van der Waals surface area contributed by atoms with E-state index >= 15 is 0 Å². The summed E-state index contributed by atoms with van der Waals surface area (Å²) in [5, 5.41) is 0. The van der Waals surface area contributed by atoms with E-state index in [4.69, 9.17) is 5.73 Å². The summed E-state index contributed by atoms with van der Waals surface area (Å²) in [4.78, 5) is 3.99. The van der Waals surface area contributed by atoms with Crippen molar-refractivity contribution in [3.63, 3.8) is 0 Å². The average Bonchev–Trinajstić information content (AvgIpc) is 2.10. The van der Waals surface area contributed by atoms with Gasteiger partial charge in [-0.15, -0.1) is 0 Å². The molecule has 0 saturated heterocycles. The van der Waals surface area contributed by atoms with E-state index in [1.807, 2.05) is 6.92 Å². The Morgan fingerprint density at radius 2 is 2.23 bits per heavy atom. The molecule has 1 rings (SSSR count). The highest BCUT2D eigenvalue weighted by Gasteiger charge is 2.01. The van der Waals surface area contributed by atoms with E-state index in [1.54, 1.807) is 19.1 Å². The third-order valence-corrected chi connectivity index (χ3v) is 1.80. The van der Waals surface area contributed by atoms with Crippen molar-refractivity contribution in [1.82, 2.24) is 0 Å². The summed E-state index contributed by atoms with van der Waals surface area (Å²) < 4.78 is 13.1. The molecular formula is C10H13FN2. The molecule has 0 spiro atoms. The van der Waals surface area contributed by atoms with Crippen LogP contribution in [0.2, 0.25) is 0 Å². The van der Waals surface area contributed by atoms with Gasteiger partial charge < -0.3 is 5.73 Å². The van der Waals surface area contributed by atoms with Crippen molar-refractivity contribution in [1.29, 1.82) is 0 Å². The summed E-state index contributed by atoms with van der Waals surface area (Å²) >= 11 is 0. The molecule has 0 saturated carbocycles. The highest BCUT2D eigenvalue weighted by molar-refractivity contribution is 5.97. The SMILES string of the molecule is CCN=C(N)c1ccc(C)c(F)c1. The molecule has 0 atom stereocenters. The molecule has 2 N–H and O–H groups in total. The zero-order chi connectivity index (χ0) is 9.84. The molecule has 1 aromatic rings. The molecule has 0 heterocycles. The van der Waals surface area contributed by atoms with Gasteiger partial charge in [0.25, 0.3) is 0 Å². The second-order valence-corrected chi connectivity index (χ2v) is 2.82. The Morgan fingerprint density at radius 3 is 2.77 bits per heavy atom. The highest BCUT2D eigenvalue weighted by Crippen LogP contribution is 2.08. The number of hydrogen-bond acceptors (Lipinski definition) is 1. The molecule has 0 aliphatic heterocycles. The molecular weight excluding hydrogens is 167 g/mol. The zero-order valence-corrected chi connectivity index (χ0v) is 7.84. The number of nitrogens with two attached hydrogens (primary N) is 1. The summed E-state index contributed by atoms with van der Waals surface area (Å²) in [6, 6.07) is 4.87. The lowest BCUT2D eigenvalue weighted by Gasteiger charge is -2.01. The zero-order valence-electron chi connectivity index (χ0n) is 7.84. The molecule has 3 heteroatoms. The van der Waals surface area contributed by atoms with E-state index < -0.39 is 0 Å². The minimum absolute atomic E-state index is 0.244. The van der Waals surface area contributed by atoms with Gasteiger partial charge in [-0.1, -0.05) is 12.1 Å². The Balaban J connectivity index is 3.04. The van der Waals surface area contributed by atoms with Crippen molar-refractivity contribution in [2.24, 2.45) is 10.7 Å². The van der Waals surface area contributed by atoms with E-state index in [2.05, 4.69) is 4.99 Å². The van der Waals surface area contributed by atoms with Gasteiger partial charge in [-0.2, -0.15) is 0 Å². The Hall–Kier alpha value is -1.38. The van der Waals surface area contributed by atoms with E-state index in [-0.39, 0.29) is 5.82 Å². The van der Waals surface area contributed by atoms with Gasteiger partial charge in [0, 0.05) is 12.1 Å². The first-order chi connectivity index (χ1) is 6.15. The Kier molecular flexibility index (Phi) is 3.01. The van der Waals surface area contributed by atoms with Crippen molar-refractivity contribution in [2.45, 2.75) is 13.8 Å². The molecule has 0 aliphatic rings. The number of aliphatic imine (C=N–C) groups is 1. The van der Waals surface area contributed by atoms with Crippen LogP contribution in [-0.2, 0) is 0 Å². The Bertz CT molecular complexity index is 332. The van der Waals surface area contributed by atoms with E-state index in [0.717, 1.165) is 0 Å². The molecule has 0 aliphatic carbocycles. The molecule has 0 radical (unpaired) electrons. The smallest absolute Gasteiger partial charge is 0.126 e. The maximum Gasteiger partial charge on any atom is 0.126 e. The number of aryl methyl sites for hydroxylation is 1. The number of rotatable bonds is 2. The molecule has 0 aromatic heterocycles. The maximum absolute atomic E-state index is 13.1. The van der Waals surface area contributed by atoms with E-state index in [0.29, 0.717) is 23.5 Å². The molecule has 0 bridgehead atoms. The summed E-state index contributed by atoms with van der Waals surface area (Å²) in [6.07, 6.45) is 0. The number of amidine groups is 1. The largest absolute Gasteiger partial charge is 0.384 e. The first kappa shape index (κ1) is 9.71. The fourth-order valence-electron chi connectivity index (χ4n) is 1.01. The quantitative estimate of drug-likeness (QED) is 0.547. The van der Waals surface area contributed by atoms with Crippen molar-refractivity contribution < 1.29 is 4.39 Å². The topological polar surface area (TPSA) is 38.4 Å². The lowest BCUT2D eigenvalue weighted by molar-refractivity contribution is 0.618. The van der Waals surface area contributed by atoms with Gasteiger partial charge in [0.05, 0.1) is 0 Å². The van der Waals surface area contributed by atoms with Crippen LogP contribution in [0.5, 0.6) is 0 Å². The van der Waals surface area contributed by atoms with Gasteiger partial charge in [0.15, 0.2) is 0 Å². The number of nitrogens with zero attached hydrogens (tertiary/aromatic N) is 1. The minimum atomic E-state index is -0.244. The Labute approximate surface area is 77.3 Å². The van der Waals surface area contributed by atoms with Crippen LogP contribution in [0, 0.1) is 12.7 Å². The van der Waals surface area contributed by atoms with Gasteiger partial charge in [-0.3, -0.25) is 4.99 Å². The molecule has 0 amide bonds. The second kappa shape index (κ2) is 4.03. The van der Waals surface area contributed by atoms with Crippen LogP contribution in [0.15, 0.2) is 23.2 Å². The fraction of sp³-hybridized carbons (Fsp3) is 0.300. The predicted molar refractivity (Wildman–Crippen MR) is 52.4 cm³/mol. The first-order valence-corrected chi connectivity index (χ1v) is 4.21. The molecule has 13 heavy (non-hydrogen) atoms. The van der Waals surface area contributed by atoms with Crippen LogP contribution >= 0.6 is 0 Å². The van der Waals surface area contributed by atoms with Crippen molar-refractivity contribution >= 4 is 5.84 Å². The van der Waals surface area contributed by atoms with Crippen LogP contribution in [0.4, 0.5) is 4.39 Å². The van der Waals surface area contributed by atoms with Crippen molar-refractivity contribution in [3.05, 3.63) is 35.1 Å². The Morgan fingerprint density at radius 1 is 1.54 bits per heavy atom. The average molecular weight is 180 g/mol. The van der Waals surface area contributed by atoms with Crippen LogP contribution in [-0.4, -0.2) is 12.4 Å². The number of hydrogen-bond donors (Lipinski definition) is 1. The van der Waals surface area contributed by atoms with Crippen LogP contribution in [0.3, 0.4) is 0 Å². The highest BCUT2D eigenvalue weighted by atomic mass is 19.1. The third-order valence-electron chi connectivity index (χ3n) is 1.80. The van der Waals surface area contributed by atoms with Gasteiger partial charge >= 0.3 is 0 Å². The molecule has 2 nitrogen and oxygen atoms in total. The van der Waals surface area contributed by atoms with Gasteiger partial charge in [0.1, 0.15) is 11.7 Å². The fourth-order valence-corrected chi connectivity index (χ4v) is 1.01. The van der Waals surface area contributed by atoms with Crippen LogP contribution in [0.1, 0.15) is 18.1 Å². The third kappa shape index (κ3) is 2.28. The number of halogens is 1. The monoisotopic (exact) mass is 180 g/mol. The van der Waals surface area contributed by atoms with E-state index in [9.17, 15) is 4.39 Å². The second-order valence-electron chi connectivity index (χ2n) is 2.82. The van der Waals surface area contributed by atoms with Gasteiger partial charge in [-0.05, 0) is 25.5 Å². The van der Waals surface area contributed by atoms with Gasteiger partial charge in [0.2, 0.25) is 0 Å². The van der Waals surface area contributed by atoms with E-state index in [1.165, 1.54) is 6.07 Å². The lowest BCUT2D eigenvalue weighted by Crippen LogP contribution is -2.14. The summed E-state index contributed by atoms with van der Waals surface area (Å²) in [5.74, 6) is 0.146. The van der Waals surface area contributed by atoms with Crippen LogP contribution < -0.4 is 5.73 Å². The maximum atomic E-state index is 13.1. The standard InChI is InChI=1S/C10H13FN2/c1-3-13-10(12)8-5-4-7(2)9(11)6-8/h4-6H,3H2,1-2H3,(H2,12,13). The molecule has 1 aromatic carbocycles. The lowest BCUT2D eigenvalue weighted by atomic mass is 10.1. The molecule has 0 unspecified atom stereocenters. The summed E-state index contributed by atoms with van der Waals surface area (Å²) in [6.45, 7) is 4.21. The predicted octanol–water partition coefficient (Wildman–Crippen LogP) is 1.86.